The molecule has 0 saturated heterocycles. The molecule has 1 aromatic rings. The lowest BCUT2D eigenvalue weighted by Crippen LogP contribution is -2.28. The first-order valence-electron chi connectivity index (χ1n) is 8.15. The fourth-order valence-electron chi connectivity index (χ4n) is 3.21. The molecule has 2 aliphatic rings. The number of hydrogen-bond donors (Lipinski definition) is 2. The minimum atomic E-state index is -3.59. The third-order valence-electron chi connectivity index (χ3n) is 4.57. The standard InChI is InChI=1S/C16H23N5O2S/c17-14-3-5-15(6-4-14)24(22,23)20-13-18-9-10-21-12-16(11-19-21)7-1-2-8-16/h3-6,11,13H,1-2,7-10,12,17H2,(H,18,20). The van der Waals surface area contributed by atoms with Gasteiger partial charge in [0.1, 0.15) is 0 Å². The van der Waals surface area contributed by atoms with Crippen molar-refractivity contribution < 1.29 is 8.42 Å². The van der Waals surface area contributed by atoms with Crippen molar-refractivity contribution in [2.45, 2.75) is 30.6 Å². The highest BCUT2D eigenvalue weighted by Gasteiger charge is 2.37. The summed E-state index contributed by atoms with van der Waals surface area (Å²) in [5.74, 6) is 0. The van der Waals surface area contributed by atoms with E-state index in [0.29, 0.717) is 18.8 Å². The topological polar surface area (TPSA) is 100 Å². The number of nitrogens with zero attached hydrogens (tertiary/aromatic N) is 3. The van der Waals surface area contributed by atoms with Crippen LogP contribution in [0.25, 0.3) is 0 Å². The molecule has 1 spiro atoms. The van der Waals surface area contributed by atoms with Crippen LogP contribution >= 0.6 is 0 Å². The fraction of sp³-hybridized carbons (Fsp3) is 0.500. The number of benzene rings is 1. The van der Waals surface area contributed by atoms with Gasteiger partial charge in [-0.2, -0.15) is 5.10 Å². The van der Waals surface area contributed by atoms with Gasteiger partial charge >= 0.3 is 0 Å². The molecule has 0 radical (unpaired) electrons. The molecule has 0 atom stereocenters. The summed E-state index contributed by atoms with van der Waals surface area (Å²) in [4.78, 5) is 4.29. The molecule has 1 aliphatic carbocycles. The lowest BCUT2D eigenvalue weighted by atomic mass is 9.88. The van der Waals surface area contributed by atoms with Crippen LogP contribution in [0.3, 0.4) is 0 Å². The SMILES string of the molecule is Nc1ccc(S(=O)(=O)NC=NCCN2CC3(C=N2)CCCC3)cc1. The molecule has 8 heteroatoms. The average molecular weight is 349 g/mol. The molecule has 24 heavy (non-hydrogen) atoms. The molecule has 130 valence electrons. The number of anilines is 1. The van der Waals surface area contributed by atoms with Gasteiger partial charge < -0.3 is 5.73 Å². The lowest BCUT2D eigenvalue weighted by molar-refractivity contribution is 0.254. The number of hydrazone groups is 1. The number of nitrogens with one attached hydrogen (secondary N) is 1. The molecule has 0 unspecified atom stereocenters. The Morgan fingerprint density at radius 1 is 1.29 bits per heavy atom. The third-order valence-corrected chi connectivity index (χ3v) is 5.88. The Balaban J connectivity index is 1.44. The monoisotopic (exact) mass is 349 g/mol. The van der Waals surface area contributed by atoms with E-state index in [1.54, 1.807) is 12.1 Å². The van der Waals surface area contributed by atoms with Gasteiger partial charge in [-0.15, -0.1) is 0 Å². The summed E-state index contributed by atoms with van der Waals surface area (Å²) in [5.41, 5.74) is 6.36. The van der Waals surface area contributed by atoms with Crippen molar-refractivity contribution in [1.82, 2.24) is 9.73 Å². The maximum atomic E-state index is 12.1. The van der Waals surface area contributed by atoms with Crippen LogP contribution < -0.4 is 10.5 Å². The van der Waals surface area contributed by atoms with E-state index in [1.807, 2.05) is 5.01 Å². The Morgan fingerprint density at radius 2 is 2.00 bits per heavy atom. The van der Waals surface area contributed by atoms with E-state index in [9.17, 15) is 8.42 Å². The number of nitrogen functional groups attached to an aromatic ring is 1. The van der Waals surface area contributed by atoms with Crippen molar-refractivity contribution in [2.24, 2.45) is 15.5 Å². The van der Waals surface area contributed by atoms with Crippen LogP contribution in [-0.4, -0.2) is 45.6 Å². The average Bonchev–Trinajstić information content (AvgIpc) is 3.18. The minimum Gasteiger partial charge on any atom is -0.399 e. The van der Waals surface area contributed by atoms with Gasteiger partial charge in [-0.3, -0.25) is 14.7 Å². The van der Waals surface area contributed by atoms with E-state index in [2.05, 4.69) is 21.0 Å². The first kappa shape index (κ1) is 16.8. The highest BCUT2D eigenvalue weighted by atomic mass is 32.2. The maximum Gasteiger partial charge on any atom is 0.262 e. The highest BCUT2D eigenvalue weighted by molar-refractivity contribution is 7.90. The molecular weight excluding hydrogens is 326 g/mol. The number of rotatable bonds is 6. The largest absolute Gasteiger partial charge is 0.399 e. The quantitative estimate of drug-likeness (QED) is 0.461. The number of nitrogens with two attached hydrogens (primary N) is 1. The smallest absolute Gasteiger partial charge is 0.262 e. The normalized spacial score (nSPS) is 19.6. The van der Waals surface area contributed by atoms with E-state index >= 15 is 0 Å². The Kier molecular flexibility index (Phi) is 4.75. The Hall–Kier alpha value is -2.09. The van der Waals surface area contributed by atoms with Crippen molar-refractivity contribution in [3.05, 3.63) is 24.3 Å². The number of aliphatic imine (C=N–C) groups is 1. The zero-order valence-electron chi connectivity index (χ0n) is 13.6. The van der Waals surface area contributed by atoms with Gasteiger partial charge in [0.05, 0.1) is 24.3 Å². The summed E-state index contributed by atoms with van der Waals surface area (Å²) in [6.07, 6.45) is 8.33. The van der Waals surface area contributed by atoms with E-state index < -0.39 is 10.0 Å². The number of sulfonamides is 1. The summed E-state index contributed by atoms with van der Waals surface area (Å²) in [6, 6.07) is 6.03. The van der Waals surface area contributed by atoms with Crippen molar-refractivity contribution >= 4 is 28.3 Å². The number of hydrogen-bond acceptors (Lipinski definition) is 6. The maximum absolute atomic E-state index is 12.1. The van der Waals surface area contributed by atoms with Crippen molar-refractivity contribution in [3.8, 4) is 0 Å². The fourth-order valence-corrected chi connectivity index (χ4v) is 4.06. The Bertz CT molecular complexity index is 721. The second-order valence-electron chi connectivity index (χ2n) is 6.43. The van der Waals surface area contributed by atoms with Gasteiger partial charge in [0.25, 0.3) is 10.0 Å². The van der Waals surface area contributed by atoms with Crippen LogP contribution in [0, 0.1) is 5.41 Å². The van der Waals surface area contributed by atoms with Gasteiger partial charge in [0, 0.05) is 23.9 Å². The van der Waals surface area contributed by atoms with Gasteiger partial charge in [0.2, 0.25) is 0 Å². The summed E-state index contributed by atoms with van der Waals surface area (Å²) in [5, 5.41) is 6.48. The molecule has 1 aromatic carbocycles. The van der Waals surface area contributed by atoms with Crippen molar-refractivity contribution in [3.63, 3.8) is 0 Å². The summed E-state index contributed by atoms with van der Waals surface area (Å²) in [6.45, 7) is 2.15. The third kappa shape index (κ3) is 3.87. The first-order chi connectivity index (χ1) is 11.5. The van der Waals surface area contributed by atoms with Crippen LogP contribution in [0.15, 0.2) is 39.3 Å². The summed E-state index contributed by atoms with van der Waals surface area (Å²) < 4.78 is 26.5. The Morgan fingerprint density at radius 3 is 2.71 bits per heavy atom. The first-order valence-corrected chi connectivity index (χ1v) is 9.64. The van der Waals surface area contributed by atoms with Gasteiger partial charge in [0.15, 0.2) is 0 Å². The van der Waals surface area contributed by atoms with E-state index in [1.165, 1.54) is 44.2 Å². The zero-order valence-corrected chi connectivity index (χ0v) is 14.4. The van der Waals surface area contributed by atoms with Gasteiger partial charge in [-0.25, -0.2) is 8.42 Å². The molecule has 1 aliphatic heterocycles. The molecular formula is C16H23N5O2S. The minimum absolute atomic E-state index is 0.162. The van der Waals surface area contributed by atoms with Crippen LogP contribution in [0.4, 0.5) is 5.69 Å². The van der Waals surface area contributed by atoms with E-state index in [0.717, 1.165) is 6.54 Å². The highest BCUT2D eigenvalue weighted by Crippen LogP contribution is 2.39. The molecule has 3 rings (SSSR count). The molecule has 1 fully saturated rings. The second kappa shape index (κ2) is 6.80. The Labute approximate surface area is 142 Å². The predicted octanol–water partition coefficient (Wildman–Crippen LogP) is 1.44. The van der Waals surface area contributed by atoms with Crippen molar-refractivity contribution in [2.75, 3.05) is 25.4 Å². The second-order valence-corrected chi connectivity index (χ2v) is 8.14. The molecule has 1 saturated carbocycles. The van der Waals surface area contributed by atoms with Crippen LogP contribution in [-0.2, 0) is 10.0 Å². The van der Waals surface area contributed by atoms with Crippen molar-refractivity contribution in [1.29, 1.82) is 0 Å². The summed E-state index contributed by atoms with van der Waals surface area (Å²) >= 11 is 0. The lowest BCUT2D eigenvalue weighted by Gasteiger charge is -2.21. The molecule has 0 aromatic heterocycles. The van der Waals surface area contributed by atoms with Gasteiger partial charge in [-0.05, 0) is 37.1 Å². The van der Waals surface area contributed by atoms with Crippen LogP contribution in [0.5, 0.6) is 0 Å². The molecule has 0 bridgehead atoms. The molecule has 0 amide bonds. The summed E-state index contributed by atoms with van der Waals surface area (Å²) in [7, 11) is -3.59. The molecule has 1 heterocycles. The predicted molar refractivity (Wildman–Crippen MR) is 95.5 cm³/mol. The molecule has 7 nitrogen and oxygen atoms in total. The van der Waals surface area contributed by atoms with Gasteiger partial charge in [-0.1, -0.05) is 12.8 Å². The van der Waals surface area contributed by atoms with Crippen LogP contribution in [0.1, 0.15) is 25.7 Å². The van der Waals surface area contributed by atoms with E-state index in [-0.39, 0.29) is 10.3 Å². The van der Waals surface area contributed by atoms with E-state index in [4.69, 9.17) is 5.73 Å². The zero-order chi connectivity index (χ0) is 17.0. The van der Waals surface area contributed by atoms with Crippen LogP contribution in [0.2, 0.25) is 0 Å². The molecule has 3 N–H and O–H groups in total.